The molecule has 2 aromatic rings. The summed E-state index contributed by atoms with van der Waals surface area (Å²) in [6.45, 7) is 5.06. The summed E-state index contributed by atoms with van der Waals surface area (Å²) in [6.07, 6.45) is 7.19. The lowest BCUT2D eigenvalue weighted by atomic mass is 9.84. The Morgan fingerprint density at radius 2 is 2.03 bits per heavy atom. The van der Waals surface area contributed by atoms with E-state index in [1.807, 2.05) is 36.4 Å². The van der Waals surface area contributed by atoms with E-state index in [2.05, 4.69) is 30.9 Å². The Hall–Kier alpha value is -2.53. The van der Waals surface area contributed by atoms with Crippen molar-refractivity contribution in [2.24, 2.45) is 5.92 Å². The first-order chi connectivity index (χ1) is 14.1. The first-order valence-corrected chi connectivity index (χ1v) is 10.4. The van der Waals surface area contributed by atoms with Crippen molar-refractivity contribution in [3.05, 3.63) is 66.1 Å². The van der Waals surface area contributed by atoms with Gasteiger partial charge in [0.2, 0.25) is 0 Å². The molecular weight excluding hydrogens is 364 g/mol. The van der Waals surface area contributed by atoms with Crippen molar-refractivity contribution in [2.45, 2.75) is 44.8 Å². The Morgan fingerprint density at radius 3 is 2.83 bits per heavy atom. The largest absolute Gasteiger partial charge is 0.485 e. The minimum atomic E-state index is -0.140. The van der Waals surface area contributed by atoms with Gasteiger partial charge in [-0.25, -0.2) is 0 Å². The van der Waals surface area contributed by atoms with Crippen LogP contribution in [-0.2, 0) is 13.0 Å². The third-order valence-electron chi connectivity index (χ3n) is 5.42. The van der Waals surface area contributed by atoms with Gasteiger partial charge >= 0.3 is 0 Å². The summed E-state index contributed by atoms with van der Waals surface area (Å²) in [4.78, 5) is 14.9. The molecule has 1 aliphatic rings. The van der Waals surface area contributed by atoms with E-state index in [1.54, 1.807) is 6.07 Å². The van der Waals surface area contributed by atoms with Crippen molar-refractivity contribution in [1.29, 1.82) is 0 Å². The fraction of sp³-hybridized carbons (Fsp3) is 0.458. The fourth-order valence-corrected chi connectivity index (χ4v) is 4.02. The highest BCUT2D eigenvalue weighted by Crippen LogP contribution is 2.26. The Labute approximate surface area is 173 Å². The van der Waals surface area contributed by atoms with E-state index in [1.165, 1.54) is 6.42 Å². The number of furan rings is 1. The number of ether oxygens (including phenoxy) is 1. The van der Waals surface area contributed by atoms with Crippen molar-refractivity contribution < 1.29 is 13.9 Å². The van der Waals surface area contributed by atoms with Gasteiger partial charge in [-0.1, -0.05) is 37.1 Å². The zero-order valence-corrected chi connectivity index (χ0v) is 17.5. The smallest absolute Gasteiger partial charge is 0.287 e. The molecule has 0 bridgehead atoms. The van der Waals surface area contributed by atoms with Crippen LogP contribution in [-0.4, -0.2) is 37.5 Å². The fourth-order valence-electron chi connectivity index (χ4n) is 4.02. The van der Waals surface area contributed by atoms with Crippen LogP contribution in [0.1, 0.15) is 47.6 Å². The maximum Gasteiger partial charge on any atom is 0.287 e. The number of carbonyl (C=O) groups excluding carboxylic acids is 1. The Morgan fingerprint density at radius 1 is 1.24 bits per heavy atom. The van der Waals surface area contributed by atoms with Gasteiger partial charge < -0.3 is 19.4 Å². The topological polar surface area (TPSA) is 54.7 Å². The van der Waals surface area contributed by atoms with Gasteiger partial charge in [-0.2, -0.15) is 0 Å². The van der Waals surface area contributed by atoms with Gasteiger partial charge in [-0.05, 0) is 63.0 Å². The third-order valence-corrected chi connectivity index (χ3v) is 5.42. The van der Waals surface area contributed by atoms with E-state index in [9.17, 15) is 4.79 Å². The zero-order valence-electron chi connectivity index (χ0n) is 17.5. The van der Waals surface area contributed by atoms with Crippen LogP contribution in [0.2, 0.25) is 0 Å². The van der Waals surface area contributed by atoms with E-state index < -0.39 is 0 Å². The van der Waals surface area contributed by atoms with E-state index in [4.69, 9.17) is 9.15 Å². The molecule has 5 nitrogen and oxygen atoms in total. The number of hydrogen-bond donors (Lipinski definition) is 1. The molecule has 3 rings (SSSR count). The average Bonchev–Trinajstić information content (AvgIpc) is 3.18. The molecule has 1 amide bonds. The van der Waals surface area contributed by atoms with Crippen LogP contribution < -0.4 is 10.1 Å². The van der Waals surface area contributed by atoms with Crippen LogP contribution in [0.25, 0.3) is 0 Å². The number of amides is 1. The summed E-state index contributed by atoms with van der Waals surface area (Å²) in [5.41, 5.74) is 1.08. The van der Waals surface area contributed by atoms with E-state index in [-0.39, 0.29) is 18.6 Å². The number of para-hydroxylation sites is 1. The van der Waals surface area contributed by atoms with Crippen molar-refractivity contribution in [3.8, 4) is 5.75 Å². The van der Waals surface area contributed by atoms with E-state index >= 15 is 0 Å². The molecule has 29 heavy (non-hydrogen) atoms. The van der Waals surface area contributed by atoms with Crippen molar-refractivity contribution in [3.63, 3.8) is 0 Å². The molecule has 1 saturated carbocycles. The van der Waals surface area contributed by atoms with E-state index in [0.717, 1.165) is 43.5 Å². The molecule has 0 saturated heterocycles. The molecule has 1 aromatic carbocycles. The molecule has 5 heteroatoms. The highest BCUT2D eigenvalue weighted by Gasteiger charge is 2.28. The molecule has 0 spiro atoms. The van der Waals surface area contributed by atoms with Gasteiger partial charge in [-0.3, -0.25) is 4.79 Å². The van der Waals surface area contributed by atoms with Crippen molar-refractivity contribution >= 4 is 5.91 Å². The highest BCUT2D eigenvalue weighted by molar-refractivity contribution is 5.91. The standard InChI is InChI=1S/C24H32N2O3/c1-4-9-18-10-6-8-13-22(18)28-17-20-14-15-23(29-20)24(27)25-21-12-7-5-11-19(21)16-26(2)3/h4,6,8,10,13-15,19,21H,1,5,7,9,11-12,16-17H2,2-3H3,(H,25,27). The second-order valence-corrected chi connectivity index (χ2v) is 8.04. The summed E-state index contributed by atoms with van der Waals surface area (Å²) in [5.74, 6) is 2.14. The summed E-state index contributed by atoms with van der Waals surface area (Å²) < 4.78 is 11.7. The van der Waals surface area contributed by atoms with Crippen molar-refractivity contribution in [1.82, 2.24) is 10.2 Å². The number of allylic oxidation sites excluding steroid dienone is 1. The Kier molecular flexibility index (Phi) is 7.53. The molecule has 0 aliphatic heterocycles. The van der Waals surface area contributed by atoms with Crippen LogP contribution in [0.4, 0.5) is 0 Å². The van der Waals surface area contributed by atoms with Gasteiger partial charge in [0.05, 0.1) is 0 Å². The first kappa shape index (κ1) is 21.2. The lowest BCUT2D eigenvalue weighted by Crippen LogP contribution is -2.45. The molecule has 2 unspecified atom stereocenters. The number of carbonyl (C=O) groups is 1. The van der Waals surface area contributed by atoms with E-state index in [0.29, 0.717) is 17.4 Å². The molecule has 1 aromatic heterocycles. The molecule has 1 aliphatic carbocycles. The molecule has 1 heterocycles. The predicted octanol–water partition coefficient (Wildman–Crippen LogP) is 4.44. The summed E-state index contributed by atoms with van der Waals surface area (Å²) in [6, 6.07) is 11.6. The van der Waals surface area contributed by atoms with Crippen molar-refractivity contribution in [2.75, 3.05) is 20.6 Å². The second kappa shape index (κ2) is 10.3. The quantitative estimate of drug-likeness (QED) is 0.637. The van der Waals surface area contributed by atoms with Gasteiger partial charge in [-0.15, -0.1) is 6.58 Å². The first-order valence-electron chi connectivity index (χ1n) is 10.4. The number of nitrogens with zero attached hydrogens (tertiary/aromatic N) is 1. The molecule has 156 valence electrons. The van der Waals surface area contributed by atoms with Gasteiger partial charge in [0.15, 0.2) is 5.76 Å². The Bertz CT molecular complexity index is 812. The average molecular weight is 397 g/mol. The minimum absolute atomic E-state index is 0.140. The number of rotatable bonds is 9. The molecule has 0 radical (unpaired) electrons. The van der Waals surface area contributed by atoms with Crippen LogP contribution >= 0.6 is 0 Å². The van der Waals surface area contributed by atoms with Crippen LogP contribution in [0, 0.1) is 5.92 Å². The molecular formula is C24H32N2O3. The Balaban J connectivity index is 1.58. The second-order valence-electron chi connectivity index (χ2n) is 8.04. The highest BCUT2D eigenvalue weighted by atomic mass is 16.5. The maximum atomic E-state index is 12.7. The molecule has 1 N–H and O–H groups in total. The summed E-state index contributed by atoms with van der Waals surface area (Å²) in [7, 11) is 4.17. The lowest BCUT2D eigenvalue weighted by Gasteiger charge is -2.33. The molecule has 2 atom stereocenters. The summed E-state index contributed by atoms with van der Waals surface area (Å²) in [5, 5.41) is 3.19. The SMILES string of the molecule is C=CCc1ccccc1OCc1ccc(C(=O)NC2CCCCC2CN(C)C)o1. The number of benzene rings is 1. The predicted molar refractivity (Wildman–Crippen MR) is 115 cm³/mol. The van der Waals surface area contributed by atoms with Crippen LogP contribution in [0.5, 0.6) is 5.75 Å². The monoisotopic (exact) mass is 396 g/mol. The van der Waals surface area contributed by atoms with Gasteiger partial charge in [0.1, 0.15) is 18.1 Å². The van der Waals surface area contributed by atoms with Crippen LogP contribution in [0.3, 0.4) is 0 Å². The summed E-state index contributed by atoms with van der Waals surface area (Å²) >= 11 is 0. The normalized spacial score (nSPS) is 19.1. The van der Waals surface area contributed by atoms with Gasteiger partial charge in [0.25, 0.3) is 5.91 Å². The van der Waals surface area contributed by atoms with Gasteiger partial charge in [0, 0.05) is 12.6 Å². The van der Waals surface area contributed by atoms with Crippen LogP contribution in [0.15, 0.2) is 53.5 Å². The number of hydrogen-bond acceptors (Lipinski definition) is 4. The molecule has 1 fully saturated rings. The lowest BCUT2D eigenvalue weighted by molar-refractivity contribution is 0.0863. The zero-order chi connectivity index (χ0) is 20.6. The maximum absolute atomic E-state index is 12.7. The minimum Gasteiger partial charge on any atom is -0.485 e. The third kappa shape index (κ3) is 5.97. The number of nitrogens with one attached hydrogen (secondary N) is 1.